The number of nitrogens with zero attached hydrogens (tertiary/aromatic N) is 1. The summed E-state index contributed by atoms with van der Waals surface area (Å²) in [6.45, 7) is 1.76. The lowest BCUT2D eigenvalue weighted by atomic mass is 10.0. The van der Waals surface area contributed by atoms with Gasteiger partial charge in [-0.05, 0) is 31.6 Å². The first-order chi connectivity index (χ1) is 7.25. The number of hydrogen-bond donors (Lipinski definition) is 1. The summed E-state index contributed by atoms with van der Waals surface area (Å²) in [5.74, 6) is 1.04. The number of carbonyl (C=O) groups excluding carboxylic acids is 1. The largest absolute Gasteiger partial charge is 0.343 e. The average molecular weight is 210 g/mol. The predicted molar refractivity (Wildman–Crippen MR) is 60.4 cm³/mol. The molecule has 3 nitrogen and oxygen atoms in total. The first kappa shape index (κ1) is 10.9. The molecule has 2 fully saturated rings. The molecule has 0 bridgehead atoms. The molecule has 1 saturated heterocycles. The minimum atomic E-state index is 0.320. The number of nitrogens with two attached hydrogens (primary N) is 1. The Bertz CT molecular complexity index is 216. The van der Waals surface area contributed by atoms with Gasteiger partial charge in [-0.1, -0.05) is 12.8 Å². The van der Waals surface area contributed by atoms with Gasteiger partial charge in [-0.25, -0.2) is 0 Å². The summed E-state index contributed by atoms with van der Waals surface area (Å²) in [6.07, 6.45) is 7.92. The molecule has 0 radical (unpaired) electrons. The molecule has 0 aromatic carbocycles. The van der Waals surface area contributed by atoms with Crippen LogP contribution in [0.2, 0.25) is 0 Å². The van der Waals surface area contributed by atoms with E-state index in [1.54, 1.807) is 0 Å². The summed E-state index contributed by atoms with van der Waals surface area (Å²) >= 11 is 0. The van der Waals surface area contributed by atoms with Gasteiger partial charge in [0.05, 0.1) is 0 Å². The minimum absolute atomic E-state index is 0.320. The zero-order valence-electron chi connectivity index (χ0n) is 9.45. The normalized spacial score (nSPS) is 24.7. The highest BCUT2D eigenvalue weighted by Gasteiger charge is 2.24. The Balaban J connectivity index is 1.75. The van der Waals surface area contributed by atoms with Gasteiger partial charge in [0.15, 0.2) is 0 Å². The highest BCUT2D eigenvalue weighted by atomic mass is 16.2. The third kappa shape index (κ3) is 2.94. The monoisotopic (exact) mass is 210 g/mol. The van der Waals surface area contributed by atoms with E-state index in [-0.39, 0.29) is 0 Å². The first-order valence-corrected chi connectivity index (χ1v) is 6.29. The predicted octanol–water partition coefficient (Wildman–Crippen LogP) is 1.52. The van der Waals surface area contributed by atoms with Crippen molar-refractivity contribution in [3.63, 3.8) is 0 Å². The number of likely N-dealkylation sites (tertiary alicyclic amines) is 1. The summed E-state index contributed by atoms with van der Waals surface area (Å²) < 4.78 is 0. The van der Waals surface area contributed by atoms with Crippen LogP contribution in [0.25, 0.3) is 0 Å². The van der Waals surface area contributed by atoms with Gasteiger partial charge in [-0.3, -0.25) is 4.79 Å². The standard InChI is InChI=1S/C12H22N2O/c13-11-5-7-14(8-6-11)12(15)9-10-3-1-2-4-10/h10-11H,1-9,13H2. The van der Waals surface area contributed by atoms with Crippen LogP contribution in [-0.4, -0.2) is 29.9 Å². The third-order valence-electron chi connectivity index (χ3n) is 3.83. The van der Waals surface area contributed by atoms with Crippen molar-refractivity contribution in [2.24, 2.45) is 11.7 Å². The van der Waals surface area contributed by atoms with Crippen LogP contribution < -0.4 is 5.73 Å². The summed E-state index contributed by atoms with van der Waals surface area (Å²) in [5.41, 5.74) is 5.82. The second-order valence-corrected chi connectivity index (χ2v) is 5.07. The maximum absolute atomic E-state index is 11.9. The van der Waals surface area contributed by atoms with Crippen LogP contribution in [0.5, 0.6) is 0 Å². The molecular formula is C12H22N2O. The zero-order valence-corrected chi connectivity index (χ0v) is 9.45. The van der Waals surface area contributed by atoms with Crippen LogP contribution in [0.15, 0.2) is 0 Å². The lowest BCUT2D eigenvalue weighted by molar-refractivity contribution is -0.133. The van der Waals surface area contributed by atoms with Crippen molar-refractivity contribution in [1.29, 1.82) is 0 Å². The van der Waals surface area contributed by atoms with E-state index >= 15 is 0 Å². The van der Waals surface area contributed by atoms with Gasteiger partial charge >= 0.3 is 0 Å². The van der Waals surface area contributed by atoms with Crippen molar-refractivity contribution < 1.29 is 4.79 Å². The molecule has 0 atom stereocenters. The quantitative estimate of drug-likeness (QED) is 0.751. The van der Waals surface area contributed by atoms with Crippen molar-refractivity contribution in [3.8, 4) is 0 Å². The van der Waals surface area contributed by atoms with E-state index in [1.165, 1.54) is 25.7 Å². The van der Waals surface area contributed by atoms with Crippen molar-refractivity contribution in [3.05, 3.63) is 0 Å². The lowest BCUT2D eigenvalue weighted by Gasteiger charge is -2.31. The number of hydrogen-bond acceptors (Lipinski definition) is 2. The van der Waals surface area contributed by atoms with Gasteiger partial charge in [0, 0.05) is 25.6 Å². The highest BCUT2D eigenvalue weighted by molar-refractivity contribution is 5.76. The van der Waals surface area contributed by atoms with Gasteiger partial charge in [0.1, 0.15) is 0 Å². The van der Waals surface area contributed by atoms with E-state index in [1.807, 2.05) is 4.90 Å². The van der Waals surface area contributed by atoms with E-state index < -0.39 is 0 Å². The molecule has 0 aromatic heterocycles. The summed E-state index contributed by atoms with van der Waals surface area (Å²) in [4.78, 5) is 14.0. The fourth-order valence-electron chi connectivity index (χ4n) is 2.74. The molecule has 0 spiro atoms. The Hall–Kier alpha value is -0.570. The van der Waals surface area contributed by atoms with E-state index in [0.29, 0.717) is 17.9 Å². The number of amides is 1. The molecule has 86 valence electrons. The molecule has 2 rings (SSSR count). The van der Waals surface area contributed by atoms with E-state index in [2.05, 4.69) is 0 Å². The molecule has 1 amide bonds. The van der Waals surface area contributed by atoms with E-state index in [4.69, 9.17) is 5.73 Å². The van der Waals surface area contributed by atoms with Crippen LogP contribution in [0.1, 0.15) is 44.9 Å². The molecule has 0 unspecified atom stereocenters. The summed E-state index contributed by atoms with van der Waals surface area (Å²) in [7, 11) is 0. The molecule has 2 aliphatic rings. The zero-order chi connectivity index (χ0) is 10.7. The minimum Gasteiger partial charge on any atom is -0.343 e. The van der Waals surface area contributed by atoms with Gasteiger partial charge in [-0.15, -0.1) is 0 Å². The Morgan fingerprint density at radius 2 is 1.73 bits per heavy atom. The first-order valence-electron chi connectivity index (χ1n) is 6.29. The lowest BCUT2D eigenvalue weighted by Crippen LogP contribution is -2.43. The van der Waals surface area contributed by atoms with Crippen molar-refractivity contribution >= 4 is 5.91 Å². The summed E-state index contributed by atoms with van der Waals surface area (Å²) in [5, 5.41) is 0. The molecule has 0 aromatic rings. The van der Waals surface area contributed by atoms with Crippen molar-refractivity contribution in [2.45, 2.75) is 51.0 Å². The average Bonchev–Trinajstić information content (AvgIpc) is 2.71. The maximum Gasteiger partial charge on any atom is 0.222 e. The Kier molecular flexibility index (Phi) is 3.62. The molecule has 1 saturated carbocycles. The molecular weight excluding hydrogens is 188 g/mol. The smallest absolute Gasteiger partial charge is 0.222 e. The second-order valence-electron chi connectivity index (χ2n) is 5.07. The highest BCUT2D eigenvalue weighted by Crippen LogP contribution is 2.28. The van der Waals surface area contributed by atoms with Gasteiger partial charge in [0.2, 0.25) is 5.91 Å². The summed E-state index contributed by atoms with van der Waals surface area (Å²) in [6, 6.07) is 0.320. The topological polar surface area (TPSA) is 46.3 Å². The van der Waals surface area contributed by atoms with Crippen LogP contribution in [0, 0.1) is 5.92 Å². The molecule has 1 aliphatic carbocycles. The number of piperidine rings is 1. The van der Waals surface area contributed by atoms with E-state index in [9.17, 15) is 4.79 Å². The third-order valence-corrected chi connectivity index (χ3v) is 3.83. The Morgan fingerprint density at radius 1 is 1.13 bits per heavy atom. The second kappa shape index (κ2) is 4.97. The van der Waals surface area contributed by atoms with Gasteiger partial charge in [-0.2, -0.15) is 0 Å². The molecule has 15 heavy (non-hydrogen) atoms. The van der Waals surface area contributed by atoms with Gasteiger partial charge < -0.3 is 10.6 Å². The maximum atomic E-state index is 11.9. The molecule has 3 heteroatoms. The van der Waals surface area contributed by atoms with E-state index in [0.717, 1.165) is 32.4 Å². The fraction of sp³-hybridized carbons (Fsp3) is 0.917. The Morgan fingerprint density at radius 3 is 2.33 bits per heavy atom. The molecule has 1 aliphatic heterocycles. The Labute approximate surface area is 92.0 Å². The SMILES string of the molecule is NC1CCN(C(=O)CC2CCCC2)CC1. The molecule has 1 heterocycles. The van der Waals surface area contributed by atoms with Crippen LogP contribution >= 0.6 is 0 Å². The van der Waals surface area contributed by atoms with Crippen LogP contribution in [0.4, 0.5) is 0 Å². The molecule has 2 N–H and O–H groups in total. The number of carbonyl (C=O) groups is 1. The fourth-order valence-corrected chi connectivity index (χ4v) is 2.74. The van der Waals surface area contributed by atoms with Gasteiger partial charge in [0.25, 0.3) is 0 Å². The van der Waals surface area contributed by atoms with Crippen molar-refractivity contribution in [1.82, 2.24) is 4.90 Å². The number of rotatable bonds is 2. The van der Waals surface area contributed by atoms with Crippen LogP contribution in [-0.2, 0) is 4.79 Å². The van der Waals surface area contributed by atoms with Crippen LogP contribution in [0.3, 0.4) is 0 Å². The van der Waals surface area contributed by atoms with Crippen molar-refractivity contribution in [2.75, 3.05) is 13.1 Å².